The Balaban J connectivity index is 2.69. The van der Waals surface area contributed by atoms with Crippen LogP contribution < -0.4 is 5.73 Å². The molecule has 0 saturated heterocycles. The first-order valence-electron chi connectivity index (χ1n) is 4.62. The minimum absolute atomic E-state index is 0.0984. The summed E-state index contributed by atoms with van der Waals surface area (Å²) in [6.45, 7) is 0. The standard InChI is InChI=1S/C10H12FNO2S2/c11-9-3-1-2-8(6-9)7-16(13,14)5-4-10(12)15/h1-3,6H,4-5,7H2,(H2,12,15). The average Bonchev–Trinajstić information content (AvgIpc) is 2.14. The van der Waals surface area contributed by atoms with E-state index in [4.69, 9.17) is 5.73 Å². The minimum atomic E-state index is -3.28. The lowest BCUT2D eigenvalue weighted by Gasteiger charge is -2.03. The van der Waals surface area contributed by atoms with Gasteiger partial charge in [0.25, 0.3) is 0 Å². The van der Waals surface area contributed by atoms with Gasteiger partial charge in [-0.1, -0.05) is 24.4 Å². The Kier molecular flexibility index (Phi) is 4.37. The molecule has 0 heterocycles. The molecule has 1 aromatic carbocycles. The van der Waals surface area contributed by atoms with E-state index in [0.717, 1.165) is 0 Å². The van der Waals surface area contributed by atoms with Gasteiger partial charge in [-0.25, -0.2) is 12.8 Å². The fourth-order valence-electron chi connectivity index (χ4n) is 1.21. The van der Waals surface area contributed by atoms with Crippen LogP contribution in [0.1, 0.15) is 12.0 Å². The Hall–Kier alpha value is -1.01. The molecule has 0 radical (unpaired) electrons. The summed E-state index contributed by atoms with van der Waals surface area (Å²) in [5, 5.41) is 0. The van der Waals surface area contributed by atoms with Crippen LogP contribution in [0.25, 0.3) is 0 Å². The van der Waals surface area contributed by atoms with Crippen LogP contribution >= 0.6 is 12.2 Å². The molecule has 88 valence electrons. The molecule has 16 heavy (non-hydrogen) atoms. The van der Waals surface area contributed by atoms with Gasteiger partial charge in [0, 0.05) is 6.42 Å². The Labute approximate surface area is 99.4 Å². The van der Waals surface area contributed by atoms with E-state index in [9.17, 15) is 12.8 Å². The van der Waals surface area contributed by atoms with Crippen LogP contribution in [0.3, 0.4) is 0 Å². The van der Waals surface area contributed by atoms with Crippen molar-refractivity contribution in [2.75, 3.05) is 5.75 Å². The summed E-state index contributed by atoms with van der Waals surface area (Å²) in [6, 6.07) is 5.53. The molecule has 1 aromatic rings. The SMILES string of the molecule is NC(=S)CCS(=O)(=O)Cc1cccc(F)c1. The van der Waals surface area contributed by atoms with Crippen LogP contribution in [0.15, 0.2) is 24.3 Å². The summed E-state index contributed by atoms with van der Waals surface area (Å²) in [7, 11) is -3.28. The third-order valence-corrected chi connectivity index (χ3v) is 3.74. The van der Waals surface area contributed by atoms with Crippen molar-refractivity contribution in [3.05, 3.63) is 35.6 Å². The van der Waals surface area contributed by atoms with Crippen molar-refractivity contribution in [3.63, 3.8) is 0 Å². The second-order valence-corrected chi connectivity index (χ2v) is 6.15. The predicted octanol–water partition coefficient (Wildman–Crippen LogP) is 1.42. The molecule has 0 aliphatic heterocycles. The predicted molar refractivity (Wildman–Crippen MR) is 65.3 cm³/mol. The van der Waals surface area contributed by atoms with Gasteiger partial charge in [-0.2, -0.15) is 0 Å². The number of thiocarbonyl (C=S) groups is 1. The normalized spacial score (nSPS) is 11.3. The highest BCUT2D eigenvalue weighted by atomic mass is 32.2. The van der Waals surface area contributed by atoms with Crippen molar-refractivity contribution in [2.24, 2.45) is 5.73 Å². The van der Waals surface area contributed by atoms with Crippen LogP contribution in [-0.4, -0.2) is 19.2 Å². The lowest BCUT2D eigenvalue weighted by atomic mass is 10.2. The van der Waals surface area contributed by atoms with E-state index < -0.39 is 15.7 Å². The number of nitrogens with two attached hydrogens (primary N) is 1. The highest BCUT2D eigenvalue weighted by molar-refractivity contribution is 7.90. The summed E-state index contributed by atoms with van der Waals surface area (Å²) in [6.07, 6.45) is 0.160. The number of halogens is 1. The van der Waals surface area contributed by atoms with Gasteiger partial charge in [0.2, 0.25) is 0 Å². The van der Waals surface area contributed by atoms with Crippen LogP contribution in [0.5, 0.6) is 0 Å². The van der Waals surface area contributed by atoms with Crippen molar-refractivity contribution in [2.45, 2.75) is 12.2 Å². The molecule has 0 atom stereocenters. The van der Waals surface area contributed by atoms with Crippen LogP contribution in [0.4, 0.5) is 4.39 Å². The van der Waals surface area contributed by atoms with Gasteiger partial charge >= 0.3 is 0 Å². The molecule has 0 aromatic heterocycles. The zero-order valence-electron chi connectivity index (χ0n) is 8.52. The van der Waals surface area contributed by atoms with E-state index in [1.54, 1.807) is 6.07 Å². The molecular weight excluding hydrogens is 249 g/mol. The first-order chi connectivity index (χ1) is 7.39. The molecule has 0 aliphatic carbocycles. The van der Waals surface area contributed by atoms with Gasteiger partial charge in [-0.15, -0.1) is 0 Å². The van der Waals surface area contributed by atoms with Gasteiger partial charge in [0.15, 0.2) is 9.84 Å². The largest absolute Gasteiger partial charge is 0.393 e. The highest BCUT2D eigenvalue weighted by Gasteiger charge is 2.12. The summed E-state index contributed by atoms with van der Waals surface area (Å²) in [4.78, 5) is 0.169. The first-order valence-corrected chi connectivity index (χ1v) is 6.85. The lowest BCUT2D eigenvalue weighted by Crippen LogP contribution is -2.16. The van der Waals surface area contributed by atoms with E-state index in [2.05, 4.69) is 12.2 Å². The zero-order valence-corrected chi connectivity index (χ0v) is 10.2. The second kappa shape index (κ2) is 5.36. The van der Waals surface area contributed by atoms with Crippen LogP contribution in [-0.2, 0) is 15.6 Å². The first kappa shape index (κ1) is 13.1. The molecule has 0 spiro atoms. The average molecular weight is 261 g/mol. The Bertz CT molecular complexity index is 485. The Morgan fingerprint density at radius 3 is 2.69 bits per heavy atom. The number of hydrogen-bond acceptors (Lipinski definition) is 3. The zero-order chi connectivity index (χ0) is 12.2. The maximum absolute atomic E-state index is 12.8. The molecule has 0 unspecified atom stereocenters. The van der Waals surface area contributed by atoms with Crippen molar-refractivity contribution < 1.29 is 12.8 Å². The third-order valence-electron chi connectivity index (χ3n) is 1.94. The van der Waals surface area contributed by atoms with Crippen molar-refractivity contribution in [1.82, 2.24) is 0 Å². The maximum atomic E-state index is 12.8. The molecule has 0 saturated carbocycles. The van der Waals surface area contributed by atoms with Crippen molar-refractivity contribution in [1.29, 1.82) is 0 Å². The van der Waals surface area contributed by atoms with Crippen molar-refractivity contribution in [3.8, 4) is 0 Å². The molecule has 0 bridgehead atoms. The molecule has 3 nitrogen and oxygen atoms in total. The summed E-state index contributed by atoms with van der Waals surface area (Å²) < 4.78 is 36.0. The Morgan fingerprint density at radius 1 is 1.44 bits per heavy atom. The van der Waals surface area contributed by atoms with Gasteiger partial charge in [0.05, 0.1) is 16.5 Å². The van der Waals surface area contributed by atoms with Gasteiger partial charge < -0.3 is 5.73 Å². The quantitative estimate of drug-likeness (QED) is 0.814. The monoisotopic (exact) mass is 261 g/mol. The minimum Gasteiger partial charge on any atom is -0.393 e. The Morgan fingerprint density at radius 2 is 2.12 bits per heavy atom. The van der Waals surface area contributed by atoms with E-state index >= 15 is 0 Å². The third kappa shape index (κ3) is 4.67. The van der Waals surface area contributed by atoms with E-state index in [0.29, 0.717) is 5.56 Å². The van der Waals surface area contributed by atoms with Crippen molar-refractivity contribution >= 4 is 27.0 Å². The number of sulfone groups is 1. The van der Waals surface area contributed by atoms with E-state index in [1.807, 2.05) is 0 Å². The summed E-state index contributed by atoms with van der Waals surface area (Å²) in [5.74, 6) is -0.728. The fraction of sp³-hybridized carbons (Fsp3) is 0.300. The number of rotatable bonds is 5. The lowest BCUT2D eigenvalue weighted by molar-refractivity contribution is 0.595. The topological polar surface area (TPSA) is 60.2 Å². The van der Waals surface area contributed by atoms with Crippen LogP contribution in [0, 0.1) is 5.82 Å². The number of benzene rings is 1. The fourth-order valence-corrected chi connectivity index (χ4v) is 2.80. The van der Waals surface area contributed by atoms with E-state index in [1.165, 1.54) is 18.2 Å². The molecule has 6 heteroatoms. The van der Waals surface area contributed by atoms with Gasteiger partial charge in [-0.3, -0.25) is 0 Å². The molecule has 2 N–H and O–H groups in total. The molecular formula is C10H12FNO2S2. The molecule has 0 aliphatic rings. The number of hydrogen-bond donors (Lipinski definition) is 1. The summed E-state index contributed by atoms with van der Waals surface area (Å²) in [5.41, 5.74) is 5.66. The maximum Gasteiger partial charge on any atom is 0.154 e. The van der Waals surface area contributed by atoms with Gasteiger partial charge in [-0.05, 0) is 17.7 Å². The molecule has 0 fully saturated rings. The van der Waals surface area contributed by atoms with E-state index in [-0.39, 0.29) is 22.9 Å². The van der Waals surface area contributed by atoms with Crippen LogP contribution in [0.2, 0.25) is 0 Å². The molecule has 0 amide bonds. The summed E-state index contributed by atoms with van der Waals surface area (Å²) >= 11 is 4.60. The smallest absolute Gasteiger partial charge is 0.154 e. The van der Waals surface area contributed by atoms with Gasteiger partial charge in [0.1, 0.15) is 5.82 Å². The highest BCUT2D eigenvalue weighted by Crippen LogP contribution is 2.09. The second-order valence-electron chi connectivity index (χ2n) is 3.44. The molecule has 1 rings (SSSR count).